The number of benzene rings is 1. The topological polar surface area (TPSA) is 59.1 Å². The molecule has 152 valence electrons. The lowest BCUT2D eigenvalue weighted by molar-refractivity contribution is 0.405. The first kappa shape index (κ1) is 21.0. The first-order valence-electron chi connectivity index (χ1n) is 9.62. The molecule has 2 heterocycles. The molecule has 0 radical (unpaired) electrons. The molecule has 3 rings (SSSR count). The molecule has 2 aromatic heterocycles. The summed E-state index contributed by atoms with van der Waals surface area (Å²) in [5, 5.41) is 3.41. The molecule has 0 aliphatic carbocycles. The van der Waals surface area contributed by atoms with Crippen molar-refractivity contribution in [2.24, 2.45) is 0 Å². The highest BCUT2D eigenvalue weighted by Gasteiger charge is 2.15. The van der Waals surface area contributed by atoms with Gasteiger partial charge in [0.1, 0.15) is 17.3 Å². The van der Waals surface area contributed by atoms with Gasteiger partial charge in [-0.15, -0.1) is 0 Å². The fourth-order valence-electron chi connectivity index (χ4n) is 2.90. The summed E-state index contributed by atoms with van der Waals surface area (Å²) in [6.07, 6.45) is 3.55. The van der Waals surface area contributed by atoms with Gasteiger partial charge < -0.3 is 14.8 Å². The number of anilines is 2. The van der Waals surface area contributed by atoms with Crippen LogP contribution in [0.5, 0.6) is 5.75 Å². The minimum Gasteiger partial charge on any atom is -0.495 e. The van der Waals surface area contributed by atoms with Gasteiger partial charge in [-0.3, -0.25) is 4.98 Å². The third-order valence-corrected chi connectivity index (χ3v) is 5.37. The van der Waals surface area contributed by atoms with Crippen LogP contribution in [0.1, 0.15) is 45.0 Å². The summed E-state index contributed by atoms with van der Waals surface area (Å²) in [5.41, 5.74) is 3.25. The van der Waals surface area contributed by atoms with Crippen molar-refractivity contribution in [2.75, 3.05) is 17.1 Å². The first-order valence-corrected chi connectivity index (χ1v) is 10.4. The predicted octanol–water partition coefficient (Wildman–Crippen LogP) is 6.08. The maximum Gasteiger partial charge on any atom is 0.142 e. The zero-order chi connectivity index (χ0) is 20.9. The number of ether oxygens (including phenoxy) is 1. The monoisotopic (exact) mass is 408 g/mol. The minimum atomic E-state index is -0.0352. The summed E-state index contributed by atoms with van der Waals surface area (Å²) in [6.45, 7) is 8.71. The molecular weight excluding hydrogens is 380 g/mol. The Morgan fingerprint density at radius 1 is 1.03 bits per heavy atom. The van der Waals surface area contributed by atoms with Crippen LogP contribution < -0.4 is 14.8 Å². The lowest BCUT2D eigenvalue weighted by Crippen LogP contribution is -2.11. The highest BCUT2D eigenvalue weighted by Crippen LogP contribution is 2.30. The van der Waals surface area contributed by atoms with Crippen LogP contribution >= 0.6 is 11.9 Å². The Morgan fingerprint density at radius 2 is 1.79 bits per heavy atom. The molecule has 1 aromatic carbocycles. The normalized spacial score (nSPS) is 12.3. The van der Waals surface area contributed by atoms with Gasteiger partial charge in [0.25, 0.3) is 0 Å². The number of pyridine rings is 2. The smallest absolute Gasteiger partial charge is 0.142 e. The number of nitrogens with one attached hydrogen (secondary N) is 2. The summed E-state index contributed by atoms with van der Waals surface area (Å²) in [7, 11) is 1.66. The van der Waals surface area contributed by atoms with Crippen LogP contribution in [0.4, 0.5) is 11.5 Å². The molecular formula is C23H28N4OS. The van der Waals surface area contributed by atoms with Crippen LogP contribution in [0, 0.1) is 0 Å². The van der Waals surface area contributed by atoms with Crippen molar-refractivity contribution in [3.8, 4) is 5.75 Å². The average Bonchev–Trinajstić information content (AvgIpc) is 2.72. The largest absolute Gasteiger partial charge is 0.495 e. The van der Waals surface area contributed by atoms with Crippen molar-refractivity contribution in [2.45, 2.75) is 44.0 Å². The second kappa shape index (κ2) is 9.18. The maximum absolute atomic E-state index is 5.51. The van der Waals surface area contributed by atoms with E-state index in [2.05, 4.69) is 67.0 Å². The van der Waals surface area contributed by atoms with Gasteiger partial charge in [0.05, 0.1) is 18.8 Å². The first-order chi connectivity index (χ1) is 13.9. The molecule has 1 atom stereocenters. The van der Waals surface area contributed by atoms with Crippen LogP contribution in [0.15, 0.2) is 65.8 Å². The molecule has 5 nitrogen and oxygen atoms in total. The average molecular weight is 409 g/mol. The zero-order valence-electron chi connectivity index (χ0n) is 17.6. The van der Waals surface area contributed by atoms with Crippen LogP contribution in [0.25, 0.3) is 0 Å². The van der Waals surface area contributed by atoms with Crippen molar-refractivity contribution >= 4 is 23.5 Å². The van der Waals surface area contributed by atoms with E-state index < -0.39 is 0 Å². The predicted molar refractivity (Wildman–Crippen MR) is 122 cm³/mol. The lowest BCUT2D eigenvalue weighted by atomic mass is 9.87. The molecule has 0 fully saturated rings. The molecule has 0 amide bonds. The third kappa shape index (κ3) is 5.64. The number of hydrogen-bond donors (Lipinski definition) is 2. The highest BCUT2D eigenvalue weighted by molar-refractivity contribution is 8.00. The second-order valence-electron chi connectivity index (χ2n) is 7.87. The molecule has 0 spiro atoms. The van der Waals surface area contributed by atoms with Crippen molar-refractivity contribution in [1.82, 2.24) is 9.97 Å². The Kier molecular flexibility index (Phi) is 6.64. The molecule has 6 heteroatoms. The van der Waals surface area contributed by atoms with Gasteiger partial charge in [0.2, 0.25) is 0 Å². The molecule has 29 heavy (non-hydrogen) atoms. The Morgan fingerprint density at radius 3 is 2.41 bits per heavy atom. The molecule has 0 saturated carbocycles. The van der Waals surface area contributed by atoms with E-state index >= 15 is 0 Å². The summed E-state index contributed by atoms with van der Waals surface area (Å²) in [6, 6.07) is 16.3. The van der Waals surface area contributed by atoms with Crippen molar-refractivity contribution in [1.29, 1.82) is 0 Å². The van der Waals surface area contributed by atoms with E-state index in [1.165, 1.54) is 5.56 Å². The summed E-state index contributed by atoms with van der Waals surface area (Å²) < 4.78 is 8.85. The van der Waals surface area contributed by atoms with Gasteiger partial charge in [0.15, 0.2) is 0 Å². The molecule has 1 unspecified atom stereocenters. The van der Waals surface area contributed by atoms with Gasteiger partial charge >= 0.3 is 0 Å². The highest BCUT2D eigenvalue weighted by atomic mass is 32.2. The fraction of sp³-hybridized carbons (Fsp3) is 0.304. The molecule has 3 aromatic rings. The van der Waals surface area contributed by atoms with E-state index in [-0.39, 0.29) is 11.5 Å². The lowest BCUT2D eigenvalue weighted by Gasteiger charge is -2.19. The SMILES string of the molecule is COc1ccc(NSc2ccc(C(C)(C)C)cc2)nc1C(C)Nc1cccnc1. The van der Waals surface area contributed by atoms with Gasteiger partial charge in [-0.05, 0) is 66.2 Å². The minimum absolute atomic E-state index is 0.0352. The maximum atomic E-state index is 5.51. The van der Waals surface area contributed by atoms with E-state index in [9.17, 15) is 0 Å². The Hall–Kier alpha value is -2.73. The quantitative estimate of drug-likeness (QED) is 0.462. The standard InChI is InChI=1S/C23H28N4OS/c1-16(25-18-7-6-14-24-15-18)22-20(28-5)12-13-21(26-22)27-29-19-10-8-17(9-11-19)23(2,3)4/h6-16,25H,1-5H3,(H,26,27). The van der Waals surface area contributed by atoms with Crippen LogP contribution in [-0.4, -0.2) is 17.1 Å². The zero-order valence-corrected chi connectivity index (χ0v) is 18.4. The number of hydrogen-bond acceptors (Lipinski definition) is 6. The van der Waals surface area contributed by atoms with Crippen molar-refractivity contribution in [3.05, 3.63) is 72.2 Å². The van der Waals surface area contributed by atoms with Crippen LogP contribution in [0.2, 0.25) is 0 Å². The number of methoxy groups -OCH3 is 1. The molecule has 0 aliphatic rings. The van der Waals surface area contributed by atoms with E-state index in [1.807, 2.05) is 24.3 Å². The van der Waals surface area contributed by atoms with E-state index in [4.69, 9.17) is 9.72 Å². The van der Waals surface area contributed by atoms with Gasteiger partial charge in [-0.25, -0.2) is 4.98 Å². The van der Waals surface area contributed by atoms with Gasteiger partial charge in [-0.2, -0.15) is 0 Å². The molecule has 0 aliphatic heterocycles. The summed E-state index contributed by atoms with van der Waals surface area (Å²) >= 11 is 1.55. The van der Waals surface area contributed by atoms with Crippen LogP contribution in [0.3, 0.4) is 0 Å². The number of nitrogens with zero attached hydrogens (tertiary/aromatic N) is 2. The van der Waals surface area contributed by atoms with E-state index in [0.29, 0.717) is 0 Å². The summed E-state index contributed by atoms with van der Waals surface area (Å²) in [5.74, 6) is 1.53. The number of aromatic nitrogens is 2. The Labute approximate surface area is 177 Å². The molecule has 0 bridgehead atoms. The van der Waals surface area contributed by atoms with E-state index in [1.54, 1.807) is 31.5 Å². The van der Waals surface area contributed by atoms with Gasteiger partial charge in [-0.1, -0.05) is 32.9 Å². The van der Waals surface area contributed by atoms with Crippen molar-refractivity contribution in [3.63, 3.8) is 0 Å². The van der Waals surface area contributed by atoms with Crippen LogP contribution in [-0.2, 0) is 5.41 Å². The molecule has 2 N–H and O–H groups in total. The Balaban J connectivity index is 1.71. The molecule has 0 saturated heterocycles. The summed E-state index contributed by atoms with van der Waals surface area (Å²) in [4.78, 5) is 10.1. The third-order valence-electron chi connectivity index (χ3n) is 4.55. The number of rotatable bonds is 7. The fourth-order valence-corrected chi connectivity index (χ4v) is 3.51. The second-order valence-corrected chi connectivity index (χ2v) is 8.75. The van der Waals surface area contributed by atoms with E-state index in [0.717, 1.165) is 27.8 Å². The van der Waals surface area contributed by atoms with Crippen molar-refractivity contribution < 1.29 is 4.74 Å². The van der Waals surface area contributed by atoms with Gasteiger partial charge in [0, 0.05) is 17.3 Å². The Bertz CT molecular complexity index is 924.